The van der Waals surface area contributed by atoms with Crippen molar-refractivity contribution < 1.29 is 9.47 Å². The minimum atomic E-state index is -0.378. The van der Waals surface area contributed by atoms with Crippen LogP contribution in [0.3, 0.4) is 0 Å². The molecule has 144 valence electrons. The Labute approximate surface area is 165 Å². The molecule has 1 fully saturated rings. The molecule has 8 nitrogen and oxygen atoms in total. The van der Waals surface area contributed by atoms with Crippen LogP contribution in [-0.2, 0) is 16.0 Å². The van der Waals surface area contributed by atoms with Gasteiger partial charge in [0, 0.05) is 19.3 Å². The molecule has 1 aromatic carbocycles. The maximum absolute atomic E-state index is 12.4. The Morgan fingerprint density at radius 3 is 2.85 bits per heavy atom. The van der Waals surface area contributed by atoms with Gasteiger partial charge in [-0.15, -0.1) is 0 Å². The fraction of sp³-hybridized carbons (Fsp3) is 0.353. The van der Waals surface area contributed by atoms with Crippen molar-refractivity contribution in [3.63, 3.8) is 0 Å². The lowest BCUT2D eigenvalue weighted by Crippen LogP contribution is -2.35. The Bertz CT molecular complexity index is 868. The normalized spacial score (nSPS) is 16.7. The van der Waals surface area contributed by atoms with Crippen LogP contribution in [0, 0.1) is 5.41 Å². The van der Waals surface area contributed by atoms with E-state index >= 15 is 0 Å². The van der Waals surface area contributed by atoms with Crippen molar-refractivity contribution in [2.45, 2.75) is 12.6 Å². The van der Waals surface area contributed by atoms with Gasteiger partial charge in [0.15, 0.2) is 0 Å². The van der Waals surface area contributed by atoms with Crippen LogP contribution < -0.4 is 16.2 Å². The summed E-state index contributed by atoms with van der Waals surface area (Å²) in [5.41, 5.74) is 0.948. The Morgan fingerprint density at radius 1 is 1.30 bits per heavy atom. The van der Waals surface area contributed by atoms with E-state index in [1.807, 2.05) is 6.07 Å². The van der Waals surface area contributed by atoms with Crippen molar-refractivity contribution >= 4 is 41.1 Å². The van der Waals surface area contributed by atoms with E-state index in [9.17, 15) is 4.79 Å². The molecule has 0 spiro atoms. The van der Waals surface area contributed by atoms with Crippen LogP contribution in [0.25, 0.3) is 0 Å². The third kappa shape index (κ3) is 5.20. The highest BCUT2D eigenvalue weighted by molar-refractivity contribution is 6.42. The number of hydrogen-bond donors (Lipinski definition) is 4. The largest absolute Gasteiger partial charge is 0.376 e. The minimum absolute atomic E-state index is 0.149. The van der Waals surface area contributed by atoms with Crippen molar-refractivity contribution in [3.8, 4) is 0 Å². The molecule has 0 amide bonds. The molecule has 4 N–H and O–H groups in total. The number of nitrogens with zero attached hydrogens (tertiary/aromatic N) is 1. The first-order valence-electron chi connectivity index (χ1n) is 8.32. The van der Waals surface area contributed by atoms with Crippen LogP contribution >= 0.6 is 23.2 Å². The Morgan fingerprint density at radius 2 is 2.15 bits per heavy atom. The lowest BCUT2D eigenvalue weighted by Gasteiger charge is -2.23. The van der Waals surface area contributed by atoms with E-state index in [0.717, 1.165) is 11.8 Å². The maximum Gasteiger partial charge on any atom is 0.276 e. The fourth-order valence-electron chi connectivity index (χ4n) is 2.56. The average molecular weight is 412 g/mol. The molecule has 10 heteroatoms. The van der Waals surface area contributed by atoms with Crippen molar-refractivity contribution in [2.75, 3.05) is 37.0 Å². The highest BCUT2D eigenvalue weighted by atomic mass is 35.5. The van der Waals surface area contributed by atoms with E-state index in [1.54, 1.807) is 12.1 Å². The zero-order valence-corrected chi connectivity index (χ0v) is 15.9. The second kappa shape index (κ2) is 9.18. The van der Waals surface area contributed by atoms with E-state index in [-0.39, 0.29) is 29.0 Å². The third-order valence-corrected chi connectivity index (χ3v) is 4.66. The molecule has 1 unspecified atom stereocenters. The summed E-state index contributed by atoms with van der Waals surface area (Å²) in [6, 6.07) is 5.25. The molecule has 0 aliphatic carbocycles. The first-order chi connectivity index (χ1) is 13.1. The van der Waals surface area contributed by atoms with E-state index < -0.39 is 0 Å². The summed E-state index contributed by atoms with van der Waals surface area (Å²) >= 11 is 11.9. The molecular formula is C17H19Cl2N5O3. The molecule has 1 aliphatic heterocycles. The van der Waals surface area contributed by atoms with Gasteiger partial charge in [-0.3, -0.25) is 9.78 Å². The first-order valence-corrected chi connectivity index (χ1v) is 9.08. The van der Waals surface area contributed by atoms with Gasteiger partial charge in [-0.25, -0.2) is 4.98 Å². The van der Waals surface area contributed by atoms with Gasteiger partial charge in [0.25, 0.3) is 5.56 Å². The predicted octanol–water partition coefficient (Wildman–Crippen LogP) is 2.51. The summed E-state index contributed by atoms with van der Waals surface area (Å²) < 4.78 is 10.9. The number of hydrogen-bond acceptors (Lipinski definition) is 7. The number of anilines is 2. The number of benzene rings is 1. The topological polar surface area (TPSA) is 112 Å². The average Bonchev–Trinajstić information content (AvgIpc) is 2.68. The van der Waals surface area contributed by atoms with Gasteiger partial charge in [-0.2, -0.15) is 0 Å². The highest BCUT2D eigenvalue weighted by Crippen LogP contribution is 2.22. The van der Waals surface area contributed by atoms with Crippen LogP contribution in [0.5, 0.6) is 0 Å². The van der Waals surface area contributed by atoms with Crippen LogP contribution in [0.1, 0.15) is 11.3 Å². The number of rotatable bonds is 7. The van der Waals surface area contributed by atoms with Crippen LogP contribution in [0.2, 0.25) is 10.0 Å². The van der Waals surface area contributed by atoms with Crippen molar-refractivity contribution in [1.29, 1.82) is 5.41 Å². The zero-order valence-electron chi connectivity index (χ0n) is 14.4. The van der Waals surface area contributed by atoms with Crippen molar-refractivity contribution in [1.82, 2.24) is 9.97 Å². The van der Waals surface area contributed by atoms with Crippen LogP contribution in [-0.4, -0.2) is 48.7 Å². The summed E-state index contributed by atoms with van der Waals surface area (Å²) in [6.45, 7) is 2.33. The molecule has 0 radical (unpaired) electrons. The number of halogens is 2. The predicted molar refractivity (Wildman–Crippen MR) is 106 cm³/mol. The Kier molecular flexibility index (Phi) is 6.68. The molecule has 1 saturated heterocycles. The number of aromatic amines is 1. The summed E-state index contributed by atoms with van der Waals surface area (Å²) in [4.78, 5) is 19.3. The molecule has 27 heavy (non-hydrogen) atoms. The lowest BCUT2D eigenvalue weighted by atomic mass is 10.2. The quantitative estimate of drug-likeness (QED) is 0.520. The second-order valence-electron chi connectivity index (χ2n) is 5.87. The number of nitrogens with one attached hydrogen (secondary N) is 4. The van der Waals surface area contributed by atoms with Crippen LogP contribution in [0.15, 0.2) is 23.0 Å². The molecule has 2 heterocycles. The maximum atomic E-state index is 12.4. The van der Waals surface area contributed by atoms with Gasteiger partial charge in [0.1, 0.15) is 11.4 Å². The summed E-state index contributed by atoms with van der Waals surface area (Å²) in [6.07, 6.45) is 0.879. The number of aromatic nitrogens is 2. The lowest BCUT2D eigenvalue weighted by molar-refractivity contribution is -0.0818. The Hall–Kier alpha value is -2.13. The van der Waals surface area contributed by atoms with Gasteiger partial charge in [0.2, 0.25) is 5.95 Å². The zero-order chi connectivity index (χ0) is 19.2. The summed E-state index contributed by atoms with van der Waals surface area (Å²) in [5, 5.41) is 14.5. The Balaban J connectivity index is 1.68. The fourth-order valence-corrected chi connectivity index (χ4v) is 2.88. The first kappa shape index (κ1) is 19.6. The number of ether oxygens (including phenoxy) is 2. The monoisotopic (exact) mass is 411 g/mol. The van der Waals surface area contributed by atoms with E-state index in [0.29, 0.717) is 43.0 Å². The van der Waals surface area contributed by atoms with Crippen molar-refractivity contribution in [3.05, 3.63) is 49.9 Å². The number of H-pyrrole nitrogens is 1. The van der Waals surface area contributed by atoms with E-state index in [2.05, 4.69) is 20.6 Å². The van der Waals surface area contributed by atoms with Gasteiger partial charge in [-0.05, 0) is 17.7 Å². The van der Waals surface area contributed by atoms with E-state index in [4.69, 9.17) is 38.1 Å². The molecule has 1 atom stereocenters. The molecule has 1 aromatic heterocycles. The third-order valence-electron chi connectivity index (χ3n) is 3.92. The molecular weight excluding hydrogens is 393 g/mol. The highest BCUT2D eigenvalue weighted by Gasteiger charge is 2.16. The minimum Gasteiger partial charge on any atom is -0.376 e. The van der Waals surface area contributed by atoms with Gasteiger partial charge in [0.05, 0.1) is 36.0 Å². The molecule has 3 rings (SSSR count). The summed E-state index contributed by atoms with van der Waals surface area (Å²) in [7, 11) is 0. The smallest absolute Gasteiger partial charge is 0.276 e. The summed E-state index contributed by atoms with van der Waals surface area (Å²) in [5.74, 6) is 0.257. The standard InChI is InChI=1S/C17H19Cl2N5O3/c18-12-2-1-10(5-13(12)19)7-22-17-23-14(6-20)15(16(25)24-17)21-8-11-9-26-3-4-27-11/h1-2,5-6,11,20-21H,3-4,7-9H2,(H2,22,23,24,25). The second-order valence-corrected chi connectivity index (χ2v) is 6.68. The molecule has 0 bridgehead atoms. The molecule has 0 saturated carbocycles. The van der Waals surface area contributed by atoms with Gasteiger partial charge < -0.3 is 25.5 Å². The van der Waals surface area contributed by atoms with E-state index in [1.165, 1.54) is 0 Å². The van der Waals surface area contributed by atoms with Crippen molar-refractivity contribution in [2.24, 2.45) is 0 Å². The van der Waals surface area contributed by atoms with Crippen LogP contribution in [0.4, 0.5) is 11.6 Å². The SMILES string of the molecule is N=Cc1nc(NCc2ccc(Cl)c(Cl)c2)[nH]c(=O)c1NCC1COCCO1. The van der Waals surface area contributed by atoms with Gasteiger partial charge in [-0.1, -0.05) is 29.3 Å². The molecule has 2 aromatic rings. The van der Waals surface area contributed by atoms with Gasteiger partial charge >= 0.3 is 0 Å². The molecule has 1 aliphatic rings.